The van der Waals surface area contributed by atoms with Gasteiger partial charge in [-0.25, -0.2) is 8.42 Å². The second-order valence-electron chi connectivity index (χ2n) is 7.56. The van der Waals surface area contributed by atoms with Crippen LogP contribution in [-0.4, -0.2) is 41.9 Å². The number of nitrogens with zero attached hydrogens (tertiary/aromatic N) is 3. The Labute approximate surface area is 181 Å². The number of nitrogens with one attached hydrogen (secondary N) is 1. The number of benzene rings is 2. The molecule has 162 valence electrons. The quantitative estimate of drug-likeness (QED) is 0.604. The van der Waals surface area contributed by atoms with E-state index in [4.69, 9.17) is 4.52 Å². The second-order valence-corrected chi connectivity index (χ2v) is 9.50. The maximum absolute atomic E-state index is 12.7. The number of sulfonamides is 1. The number of hydrogen-bond donors (Lipinski definition) is 1. The summed E-state index contributed by atoms with van der Waals surface area (Å²) >= 11 is 0. The molecule has 1 fully saturated rings. The van der Waals surface area contributed by atoms with Crippen molar-refractivity contribution >= 4 is 21.6 Å². The van der Waals surface area contributed by atoms with Gasteiger partial charge in [0.2, 0.25) is 27.6 Å². The third-order valence-corrected chi connectivity index (χ3v) is 7.06. The van der Waals surface area contributed by atoms with Gasteiger partial charge < -0.3 is 9.84 Å². The molecular weight excluding hydrogens is 416 g/mol. The first-order chi connectivity index (χ1) is 14.9. The van der Waals surface area contributed by atoms with Crippen LogP contribution in [-0.2, 0) is 21.2 Å². The fourth-order valence-electron chi connectivity index (χ4n) is 3.43. The molecule has 0 radical (unpaired) electrons. The number of aromatic nitrogens is 2. The number of aryl methyl sites for hydroxylation is 2. The minimum absolute atomic E-state index is 0.138. The third-order valence-electron chi connectivity index (χ3n) is 5.16. The van der Waals surface area contributed by atoms with Crippen molar-refractivity contribution in [2.45, 2.75) is 37.5 Å². The van der Waals surface area contributed by atoms with Gasteiger partial charge in [0, 0.05) is 37.2 Å². The van der Waals surface area contributed by atoms with Crippen LogP contribution in [0.4, 0.5) is 5.69 Å². The van der Waals surface area contributed by atoms with Crippen LogP contribution in [0.25, 0.3) is 11.4 Å². The number of carbonyl (C=O) groups excluding carboxylic acids is 1. The predicted octanol–water partition coefficient (Wildman–Crippen LogP) is 3.40. The summed E-state index contributed by atoms with van der Waals surface area (Å²) in [5.74, 6) is 0.595. The summed E-state index contributed by atoms with van der Waals surface area (Å²) in [6.45, 7) is 3.07. The van der Waals surface area contributed by atoms with Crippen LogP contribution in [0.1, 0.15) is 30.7 Å². The van der Waals surface area contributed by atoms with E-state index in [0.717, 1.165) is 24.0 Å². The van der Waals surface area contributed by atoms with E-state index < -0.39 is 10.0 Å². The first kappa shape index (κ1) is 21.2. The number of anilines is 1. The molecule has 0 aliphatic carbocycles. The summed E-state index contributed by atoms with van der Waals surface area (Å²) in [6.07, 6.45) is 2.17. The van der Waals surface area contributed by atoms with E-state index in [1.807, 2.05) is 31.2 Å². The first-order valence-corrected chi connectivity index (χ1v) is 11.7. The third kappa shape index (κ3) is 5.00. The second kappa shape index (κ2) is 8.99. The molecule has 4 rings (SSSR count). The molecule has 1 aliphatic rings. The highest BCUT2D eigenvalue weighted by Gasteiger charge is 2.27. The van der Waals surface area contributed by atoms with Crippen molar-refractivity contribution in [1.82, 2.24) is 14.4 Å². The normalized spacial score (nSPS) is 14.6. The number of amides is 1. The van der Waals surface area contributed by atoms with Crippen molar-refractivity contribution in [3.05, 3.63) is 60.0 Å². The van der Waals surface area contributed by atoms with Gasteiger partial charge in [-0.2, -0.15) is 9.29 Å². The van der Waals surface area contributed by atoms with Crippen LogP contribution in [0, 0.1) is 6.92 Å². The van der Waals surface area contributed by atoms with Crippen molar-refractivity contribution in [3.8, 4) is 11.4 Å². The predicted molar refractivity (Wildman–Crippen MR) is 116 cm³/mol. The van der Waals surface area contributed by atoms with Gasteiger partial charge >= 0.3 is 0 Å². The van der Waals surface area contributed by atoms with Crippen LogP contribution < -0.4 is 5.32 Å². The summed E-state index contributed by atoms with van der Waals surface area (Å²) in [4.78, 5) is 16.9. The lowest BCUT2D eigenvalue weighted by Crippen LogP contribution is -2.27. The van der Waals surface area contributed by atoms with Crippen LogP contribution in [0.15, 0.2) is 57.9 Å². The fraction of sp³-hybridized carbons (Fsp3) is 0.318. The maximum atomic E-state index is 12.7. The van der Waals surface area contributed by atoms with Crippen molar-refractivity contribution in [3.63, 3.8) is 0 Å². The fourth-order valence-corrected chi connectivity index (χ4v) is 5.00. The highest BCUT2D eigenvalue weighted by atomic mass is 32.2. The molecule has 0 spiro atoms. The van der Waals surface area contributed by atoms with E-state index in [2.05, 4.69) is 15.5 Å². The Morgan fingerprint density at radius 1 is 1.13 bits per heavy atom. The molecule has 0 atom stereocenters. The van der Waals surface area contributed by atoms with Crippen LogP contribution >= 0.6 is 0 Å². The molecule has 3 aromatic rings. The molecule has 9 heteroatoms. The van der Waals surface area contributed by atoms with E-state index in [-0.39, 0.29) is 23.6 Å². The molecule has 1 aliphatic heterocycles. The molecule has 2 aromatic carbocycles. The molecule has 1 N–H and O–H groups in total. The summed E-state index contributed by atoms with van der Waals surface area (Å²) < 4.78 is 32.1. The molecule has 1 amide bonds. The Balaban J connectivity index is 1.36. The molecule has 1 aromatic heterocycles. The Hall–Kier alpha value is -3.04. The average molecular weight is 441 g/mol. The molecule has 2 heterocycles. The van der Waals surface area contributed by atoms with E-state index in [9.17, 15) is 13.2 Å². The van der Waals surface area contributed by atoms with Crippen molar-refractivity contribution in [2.24, 2.45) is 0 Å². The van der Waals surface area contributed by atoms with Gasteiger partial charge in [0.1, 0.15) is 0 Å². The summed E-state index contributed by atoms with van der Waals surface area (Å²) in [6, 6.07) is 14.1. The zero-order valence-corrected chi connectivity index (χ0v) is 18.1. The molecule has 0 saturated carbocycles. The van der Waals surface area contributed by atoms with Gasteiger partial charge in [-0.3, -0.25) is 4.79 Å². The molecular formula is C22H24N4O4S. The van der Waals surface area contributed by atoms with Crippen LogP contribution in [0.5, 0.6) is 0 Å². The van der Waals surface area contributed by atoms with Crippen LogP contribution in [0.3, 0.4) is 0 Å². The minimum Gasteiger partial charge on any atom is -0.339 e. The van der Waals surface area contributed by atoms with Crippen molar-refractivity contribution in [2.75, 3.05) is 18.4 Å². The molecule has 31 heavy (non-hydrogen) atoms. The van der Waals surface area contributed by atoms with Crippen molar-refractivity contribution < 1.29 is 17.7 Å². The molecule has 1 saturated heterocycles. The largest absolute Gasteiger partial charge is 0.339 e. The standard InChI is InChI=1S/C22H24N4O4S/c1-16-7-9-17(10-8-16)22-24-21(30-25-22)12-11-20(27)23-18-5-4-6-19(15-18)31(28,29)26-13-2-3-14-26/h4-10,15H,2-3,11-14H2,1H3,(H,23,27). The lowest BCUT2D eigenvalue weighted by Gasteiger charge is -2.16. The van der Waals surface area contributed by atoms with Crippen LogP contribution in [0.2, 0.25) is 0 Å². The molecule has 0 unspecified atom stereocenters. The van der Waals surface area contributed by atoms with Gasteiger partial charge in [0.25, 0.3) is 0 Å². The number of rotatable bonds is 7. The van der Waals surface area contributed by atoms with E-state index in [0.29, 0.717) is 30.5 Å². The zero-order chi connectivity index (χ0) is 21.8. The number of carbonyl (C=O) groups is 1. The zero-order valence-electron chi connectivity index (χ0n) is 17.2. The van der Waals surface area contributed by atoms with Gasteiger partial charge in [-0.05, 0) is 38.0 Å². The Kier molecular flexibility index (Phi) is 6.15. The molecule has 8 nitrogen and oxygen atoms in total. The van der Waals surface area contributed by atoms with Gasteiger partial charge in [0.05, 0.1) is 4.90 Å². The maximum Gasteiger partial charge on any atom is 0.243 e. The smallest absolute Gasteiger partial charge is 0.243 e. The topological polar surface area (TPSA) is 105 Å². The van der Waals surface area contributed by atoms with Crippen molar-refractivity contribution in [1.29, 1.82) is 0 Å². The average Bonchev–Trinajstić information content (AvgIpc) is 3.46. The monoisotopic (exact) mass is 440 g/mol. The van der Waals surface area contributed by atoms with Gasteiger partial charge in [0.15, 0.2) is 0 Å². The minimum atomic E-state index is -3.53. The first-order valence-electron chi connectivity index (χ1n) is 10.2. The van der Waals surface area contributed by atoms with Gasteiger partial charge in [-0.1, -0.05) is 41.1 Å². The Morgan fingerprint density at radius 3 is 2.61 bits per heavy atom. The Bertz CT molecular complexity index is 1170. The summed E-state index contributed by atoms with van der Waals surface area (Å²) in [5.41, 5.74) is 2.43. The molecule has 0 bridgehead atoms. The number of hydrogen-bond acceptors (Lipinski definition) is 6. The van der Waals surface area contributed by atoms with E-state index in [1.165, 1.54) is 10.4 Å². The lowest BCUT2D eigenvalue weighted by molar-refractivity contribution is -0.116. The lowest BCUT2D eigenvalue weighted by atomic mass is 10.1. The Morgan fingerprint density at radius 2 is 1.87 bits per heavy atom. The summed E-state index contributed by atoms with van der Waals surface area (Å²) in [7, 11) is -3.53. The SMILES string of the molecule is Cc1ccc(-c2noc(CCC(=O)Nc3cccc(S(=O)(=O)N4CCCC4)c3)n2)cc1. The highest BCUT2D eigenvalue weighted by Crippen LogP contribution is 2.23. The summed E-state index contributed by atoms with van der Waals surface area (Å²) in [5, 5.41) is 6.71. The van der Waals surface area contributed by atoms with Gasteiger partial charge in [-0.15, -0.1) is 0 Å². The highest BCUT2D eigenvalue weighted by molar-refractivity contribution is 7.89. The van der Waals surface area contributed by atoms with E-state index >= 15 is 0 Å². The van der Waals surface area contributed by atoms with E-state index in [1.54, 1.807) is 18.2 Å².